The molecule has 0 amide bonds. The van der Waals surface area contributed by atoms with E-state index in [9.17, 15) is 12.8 Å². The van der Waals surface area contributed by atoms with E-state index in [4.69, 9.17) is 0 Å². The molecular formula is C21H28FN5O2S. The van der Waals surface area contributed by atoms with Crippen LogP contribution in [0.2, 0.25) is 0 Å². The third kappa shape index (κ3) is 4.27. The van der Waals surface area contributed by atoms with Crippen LogP contribution in [0.5, 0.6) is 0 Å². The molecule has 3 heterocycles. The van der Waals surface area contributed by atoms with Crippen molar-refractivity contribution in [3.05, 3.63) is 41.7 Å². The van der Waals surface area contributed by atoms with Crippen molar-refractivity contribution in [2.75, 3.05) is 49.1 Å². The fourth-order valence-electron chi connectivity index (χ4n) is 4.09. The van der Waals surface area contributed by atoms with Gasteiger partial charge in [-0.3, -0.25) is 0 Å². The number of nitrogens with zero attached hydrogens (tertiary/aromatic N) is 5. The van der Waals surface area contributed by atoms with Gasteiger partial charge in [-0.2, -0.15) is 4.31 Å². The van der Waals surface area contributed by atoms with Crippen molar-refractivity contribution in [2.45, 2.75) is 31.6 Å². The third-order valence-corrected chi connectivity index (χ3v) is 8.12. The summed E-state index contributed by atoms with van der Waals surface area (Å²) < 4.78 is 40.7. The molecule has 2 aromatic rings. The second-order valence-electron chi connectivity index (χ2n) is 8.22. The third-order valence-electron chi connectivity index (χ3n) is 6.06. The fraction of sp³-hybridized carbons (Fsp3) is 0.524. The average Bonchev–Trinajstić information content (AvgIpc) is 2.74. The van der Waals surface area contributed by atoms with Gasteiger partial charge >= 0.3 is 0 Å². The Balaban J connectivity index is 1.39. The van der Waals surface area contributed by atoms with Gasteiger partial charge in [-0.25, -0.2) is 12.8 Å². The highest BCUT2D eigenvalue weighted by Crippen LogP contribution is 2.25. The normalized spacial score (nSPS) is 19.3. The second kappa shape index (κ2) is 8.47. The van der Waals surface area contributed by atoms with Crippen molar-refractivity contribution in [3.8, 4) is 0 Å². The molecule has 162 valence electrons. The van der Waals surface area contributed by atoms with E-state index in [1.54, 1.807) is 6.92 Å². The van der Waals surface area contributed by atoms with Gasteiger partial charge in [0.25, 0.3) is 0 Å². The van der Waals surface area contributed by atoms with Crippen LogP contribution in [0.4, 0.5) is 16.0 Å². The first-order valence-electron chi connectivity index (χ1n) is 10.4. The van der Waals surface area contributed by atoms with Gasteiger partial charge in [0, 0.05) is 39.3 Å². The van der Waals surface area contributed by atoms with Gasteiger partial charge < -0.3 is 9.80 Å². The number of hydrogen-bond acceptors (Lipinski definition) is 6. The minimum absolute atomic E-state index is 0.164. The summed E-state index contributed by atoms with van der Waals surface area (Å²) in [5.41, 5.74) is 0.422. The number of sulfonamides is 1. The minimum Gasteiger partial charge on any atom is -0.355 e. The van der Waals surface area contributed by atoms with E-state index in [1.165, 1.54) is 35.3 Å². The molecule has 30 heavy (non-hydrogen) atoms. The Labute approximate surface area is 177 Å². The van der Waals surface area contributed by atoms with Crippen molar-refractivity contribution >= 4 is 21.7 Å². The smallest absolute Gasteiger partial charge is 0.243 e. The van der Waals surface area contributed by atoms with Crippen LogP contribution in [0.3, 0.4) is 0 Å². The summed E-state index contributed by atoms with van der Waals surface area (Å²) in [6, 6.07) is 7.76. The van der Waals surface area contributed by atoms with Crippen LogP contribution < -0.4 is 9.80 Å². The van der Waals surface area contributed by atoms with Crippen molar-refractivity contribution in [2.24, 2.45) is 5.92 Å². The number of piperazine rings is 1. The summed E-state index contributed by atoms with van der Waals surface area (Å²) >= 11 is 0. The number of anilines is 2. The topological polar surface area (TPSA) is 69.6 Å². The van der Waals surface area contributed by atoms with E-state index in [0.29, 0.717) is 31.7 Å². The Bertz CT molecular complexity index is 983. The number of hydrogen-bond donors (Lipinski definition) is 0. The molecule has 2 aliphatic rings. The van der Waals surface area contributed by atoms with Gasteiger partial charge in [0.15, 0.2) is 11.6 Å². The Morgan fingerprint density at radius 3 is 2.00 bits per heavy atom. The largest absolute Gasteiger partial charge is 0.355 e. The van der Waals surface area contributed by atoms with Crippen molar-refractivity contribution in [1.29, 1.82) is 0 Å². The quantitative estimate of drug-likeness (QED) is 0.738. The average molecular weight is 434 g/mol. The standard InChI is InChI=1S/C21H28FN5O2S/c1-16-7-9-25(10-8-16)20-5-6-21(24-23-20)26-11-13-27(14-12-26)30(28,29)19-4-3-18(22)15-17(19)2/h3-6,15-16H,7-14H2,1-2H3. The molecule has 0 atom stereocenters. The van der Waals surface area contributed by atoms with Crippen LogP contribution in [0.25, 0.3) is 0 Å². The van der Waals surface area contributed by atoms with Crippen LogP contribution in [0.1, 0.15) is 25.3 Å². The van der Waals surface area contributed by atoms with E-state index in [2.05, 4.69) is 26.9 Å². The molecule has 0 bridgehead atoms. The molecule has 0 unspecified atom stereocenters. The molecular weight excluding hydrogens is 405 g/mol. The summed E-state index contributed by atoms with van der Waals surface area (Å²) in [6.45, 7) is 7.70. The summed E-state index contributed by atoms with van der Waals surface area (Å²) in [6.07, 6.45) is 2.35. The molecule has 0 saturated carbocycles. The Kier molecular flexibility index (Phi) is 5.92. The van der Waals surface area contributed by atoms with Crippen LogP contribution in [0.15, 0.2) is 35.2 Å². The maximum atomic E-state index is 13.4. The molecule has 2 fully saturated rings. The first-order valence-corrected chi connectivity index (χ1v) is 11.9. The maximum Gasteiger partial charge on any atom is 0.243 e. The lowest BCUT2D eigenvalue weighted by molar-refractivity contribution is 0.383. The molecule has 4 rings (SSSR count). The minimum atomic E-state index is -3.64. The number of rotatable bonds is 4. The lowest BCUT2D eigenvalue weighted by Gasteiger charge is -2.35. The first-order chi connectivity index (χ1) is 14.3. The highest BCUT2D eigenvalue weighted by atomic mass is 32.2. The van der Waals surface area contributed by atoms with E-state index < -0.39 is 15.8 Å². The van der Waals surface area contributed by atoms with Gasteiger partial charge in [0.1, 0.15) is 5.82 Å². The molecule has 1 aromatic carbocycles. The van der Waals surface area contributed by atoms with E-state index in [0.717, 1.165) is 30.6 Å². The zero-order valence-corrected chi connectivity index (χ0v) is 18.3. The van der Waals surface area contributed by atoms with E-state index >= 15 is 0 Å². The van der Waals surface area contributed by atoms with Crippen molar-refractivity contribution in [3.63, 3.8) is 0 Å². The molecule has 2 saturated heterocycles. The zero-order chi connectivity index (χ0) is 21.3. The van der Waals surface area contributed by atoms with Crippen molar-refractivity contribution < 1.29 is 12.8 Å². The predicted molar refractivity (Wildman–Crippen MR) is 115 cm³/mol. The molecule has 9 heteroatoms. The summed E-state index contributed by atoms with van der Waals surface area (Å²) in [5, 5.41) is 8.80. The summed E-state index contributed by atoms with van der Waals surface area (Å²) in [7, 11) is -3.64. The molecule has 0 spiro atoms. The lowest BCUT2D eigenvalue weighted by atomic mass is 9.99. The number of halogens is 1. The summed E-state index contributed by atoms with van der Waals surface area (Å²) in [5.74, 6) is 2.00. The van der Waals surface area contributed by atoms with Crippen molar-refractivity contribution in [1.82, 2.24) is 14.5 Å². The predicted octanol–water partition coefficient (Wildman–Crippen LogP) is 2.67. The van der Waals surface area contributed by atoms with Gasteiger partial charge in [0.05, 0.1) is 4.90 Å². The zero-order valence-electron chi connectivity index (χ0n) is 17.5. The van der Waals surface area contributed by atoms with Crippen LogP contribution in [-0.2, 0) is 10.0 Å². The second-order valence-corrected chi connectivity index (χ2v) is 10.1. The Hall–Kier alpha value is -2.26. The monoisotopic (exact) mass is 433 g/mol. The maximum absolute atomic E-state index is 13.4. The van der Waals surface area contributed by atoms with Gasteiger partial charge in [-0.1, -0.05) is 6.92 Å². The lowest BCUT2D eigenvalue weighted by Crippen LogP contribution is -2.49. The molecule has 0 aliphatic carbocycles. The first kappa shape index (κ1) is 21.0. The van der Waals surface area contributed by atoms with Gasteiger partial charge in [-0.15, -0.1) is 10.2 Å². The van der Waals surface area contributed by atoms with Crippen LogP contribution >= 0.6 is 0 Å². The Morgan fingerprint density at radius 1 is 0.900 bits per heavy atom. The van der Waals surface area contributed by atoms with Crippen LogP contribution in [0, 0.1) is 18.7 Å². The number of aryl methyl sites for hydroxylation is 1. The number of benzene rings is 1. The molecule has 0 N–H and O–H groups in total. The molecule has 1 aromatic heterocycles. The Morgan fingerprint density at radius 2 is 1.47 bits per heavy atom. The SMILES string of the molecule is Cc1cc(F)ccc1S(=O)(=O)N1CCN(c2ccc(N3CCC(C)CC3)nn2)CC1. The van der Waals surface area contributed by atoms with E-state index in [-0.39, 0.29) is 4.90 Å². The summed E-state index contributed by atoms with van der Waals surface area (Å²) in [4.78, 5) is 4.49. The number of aromatic nitrogens is 2. The highest BCUT2D eigenvalue weighted by molar-refractivity contribution is 7.89. The van der Waals surface area contributed by atoms with E-state index in [1.807, 2.05) is 12.1 Å². The highest BCUT2D eigenvalue weighted by Gasteiger charge is 2.30. The van der Waals surface area contributed by atoms with Crippen LogP contribution in [-0.4, -0.2) is 62.2 Å². The van der Waals surface area contributed by atoms with Gasteiger partial charge in [0.2, 0.25) is 10.0 Å². The van der Waals surface area contributed by atoms with Gasteiger partial charge in [-0.05, 0) is 61.6 Å². The fourth-order valence-corrected chi connectivity index (χ4v) is 5.72. The molecule has 7 nitrogen and oxygen atoms in total. The molecule has 2 aliphatic heterocycles. The molecule has 0 radical (unpaired) electrons. The number of piperidine rings is 1.